The van der Waals surface area contributed by atoms with E-state index in [0.29, 0.717) is 31.7 Å². The molecular formula is C18H15Cl2FN4OS2. The zero-order chi connectivity index (χ0) is 20.1. The molecule has 3 rings (SSSR count). The second-order valence-corrected chi connectivity index (χ2v) is 9.14. The van der Waals surface area contributed by atoms with Crippen molar-refractivity contribution >= 4 is 63.0 Å². The van der Waals surface area contributed by atoms with Crippen molar-refractivity contribution in [2.75, 3.05) is 10.6 Å². The lowest BCUT2D eigenvalue weighted by Crippen LogP contribution is -2.22. The third kappa shape index (κ3) is 5.81. The molecule has 0 fully saturated rings. The maximum atomic E-state index is 12.9. The van der Waals surface area contributed by atoms with E-state index in [0.717, 1.165) is 5.56 Å². The highest BCUT2D eigenvalue weighted by molar-refractivity contribution is 8.02. The van der Waals surface area contributed by atoms with Crippen LogP contribution in [-0.2, 0) is 11.3 Å². The van der Waals surface area contributed by atoms with Crippen LogP contribution in [0, 0.1) is 5.82 Å². The Bertz CT molecular complexity index is 968. The van der Waals surface area contributed by atoms with Gasteiger partial charge in [0, 0.05) is 11.6 Å². The highest BCUT2D eigenvalue weighted by Crippen LogP contribution is 2.31. The van der Waals surface area contributed by atoms with Crippen LogP contribution >= 0.6 is 46.3 Å². The molecule has 146 valence electrons. The van der Waals surface area contributed by atoms with Crippen molar-refractivity contribution < 1.29 is 9.18 Å². The third-order valence-corrected chi connectivity index (χ3v) is 6.21. The number of hydrogen-bond acceptors (Lipinski definition) is 6. The number of carbonyl (C=O) groups is 1. The van der Waals surface area contributed by atoms with Gasteiger partial charge in [-0.3, -0.25) is 4.79 Å². The molecule has 0 bridgehead atoms. The van der Waals surface area contributed by atoms with Crippen LogP contribution in [0.25, 0.3) is 0 Å². The molecule has 0 spiro atoms. The summed E-state index contributed by atoms with van der Waals surface area (Å²) in [5.74, 6) is -0.476. The lowest BCUT2D eigenvalue weighted by atomic mass is 10.2. The fourth-order valence-corrected chi connectivity index (χ4v) is 4.49. The van der Waals surface area contributed by atoms with E-state index in [-0.39, 0.29) is 11.7 Å². The van der Waals surface area contributed by atoms with Gasteiger partial charge >= 0.3 is 0 Å². The SMILES string of the molecule is CC(Sc1nnc(NCc2ccc(F)cc2)s1)C(=O)Nc1ccc(Cl)cc1Cl. The Labute approximate surface area is 179 Å². The van der Waals surface area contributed by atoms with Crippen molar-refractivity contribution in [1.29, 1.82) is 0 Å². The highest BCUT2D eigenvalue weighted by atomic mass is 35.5. The van der Waals surface area contributed by atoms with E-state index < -0.39 is 5.25 Å². The number of nitrogens with zero attached hydrogens (tertiary/aromatic N) is 2. The fraction of sp³-hybridized carbons (Fsp3) is 0.167. The summed E-state index contributed by atoms with van der Waals surface area (Å²) in [4.78, 5) is 12.4. The summed E-state index contributed by atoms with van der Waals surface area (Å²) in [6.45, 7) is 2.28. The minimum absolute atomic E-state index is 0.203. The summed E-state index contributed by atoms with van der Waals surface area (Å²) >= 11 is 14.6. The Kier molecular flexibility index (Phi) is 7.12. The first-order chi connectivity index (χ1) is 13.4. The van der Waals surface area contributed by atoms with Gasteiger partial charge in [0.2, 0.25) is 11.0 Å². The average molecular weight is 457 g/mol. The van der Waals surface area contributed by atoms with Gasteiger partial charge < -0.3 is 10.6 Å². The van der Waals surface area contributed by atoms with Crippen LogP contribution in [0.4, 0.5) is 15.2 Å². The Morgan fingerprint density at radius 1 is 1.21 bits per heavy atom. The number of amides is 1. The van der Waals surface area contributed by atoms with E-state index in [4.69, 9.17) is 23.2 Å². The summed E-state index contributed by atoms with van der Waals surface area (Å²) in [5.41, 5.74) is 1.43. The predicted octanol–water partition coefficient (Wildman–Crippen LogP) is 5.72. The molecule has 5 nitrogen and oxygen atoms in total. The van der Waals surface area contributed by atoms with Gasteiger partial charge in [0.1, 0.15) is 5.82 Å². The van der Waals surface area contributed by atoms with Crippen molar-refractivity contribution in [3.8, 4) is 0 Å². The van der Waals surface area contributed by atoms with Crippen LogP contribution in [0.3, 0.4) is 0 Å². The van der Waals surface area contributed by atoms with Crippen molar-refractivity contribution in [1.82, 2.24) is 10.2 Å². The number of rotatable bonds is 7. The molecule has 10 heteroatoms. The minimum Gasteiger partial charge on any atom is -0.356 e. The normalized spacial score (nSPS) is 11.9. The molecule has 0 radical (unpaired) electrons. The molecule has 3 aromatic rings. The summed E-state index contributed by atoms with van der Waals surface area (Å²) in [6, 6.07) is 11.1. The van der Waals surface area contributed by atoms with Gasteiger partial charge in [-0.25, -0.2) is 4.39 Å². The molecule has 0 saturated carbocycles. The zero-order valence-electron chi connectivity index (χ0n) is 14.6. The molecule has 0 saturated heterocycles. The number of hydrogen-bond donors (Lipinski definition) is 2. The first kappa shape index (κ1) is 20.9. The van der Waals surface area contributed by atoms with Gasteiger partial charge in [0.05, 0.1) is 16.0 Å². The number of thioether (sulfide) groups is 1. The number of nitrogens with one attached hydrogen (secondary N) is 2. The number of benzene rings is 2. The quantitative estimate of drug-likeness (QED) is 0.445. The largest absolute Gasteiger partial charge is 0.356 e. The van der Waals surface area contributed by atoms with E-state index >= 15 is 0 Å². The minimum atomic E-state index is -0.398. The van der Waals surface area contributed by atoms with Gasteiger partial charge in [0.15, 0.2) is 4.34 Å². The molecule has 1 atom stereocenters. The fourth-order valence-electron chi connectivity index (χ4n) is 2.14. The maximum absolute atomic E-state index is 12.9. The molecule has 0 aliphatic rings. The Hall–Kier alpha value is -1.87. The summed E-state index contributed by atoms with van der Waals surface area (Å²) < 4.78 is 13.6. The molecule has 2 N–H and O–H groups in total. The topological polar surface area (TPSA) is 66.9 Å². The van der Waals surface area contributed by atoms with E-state index in [1.807, 2.05) is 0 Å². The molecule has 28 heavy (non-hydrogen) atoms. The van der Waals surface area contributed by atoms with Crippen LogP contribution < -0.4 is 10.6 Å². The van der Waals surface area contributed by atoms with E-state index in [1.54, 1.807) is 37.3 Å². The smallest absolute Gasteiger partial charge is 0.237 e. The second-order valence-electron chi connectivity index (χ2n) is 5.73. The van der Waals surface area contributed by atoms with Crippen molar-refractivity contribution in [2.45, 2.75) is 23.1 Å². The van der Waals surface area contributed by atoms with Crippen molar-refractivity contribution in [2.24, 2.45) is 0 Å². The lowest BCUT2D eigenvalue weighted by molar-refractivity contribution is -0.115. The van der Waals surface area contributed by atoms with Gasteiger partial charge in [-0.1, -0.05) is 58.4 Å². The van der Waals surface area contributed by atoms with Crippen LogP contribution in [0.1, 0.15) is 12.5 Å². The van der Waals surface area contributed by atoms with Crippen LogP contribution in [0.15, 0.2) is 46.8 Å². The zero-order valence-corrected chi connectivity index (χ0v) is 17.7. The number of anilines is 2. The monoisotopic (exact) mass is 456 g/mol. The number of halogens is 3. The van der Waals surface area contributed by atoms with E-state index in [1.165, 1.54) is 35.2 Å². The van der Waals surface area contributed by atoms with Gasteiger partial charge in [-0.05, 0) is 42.8 Å². The van der Waals surface area contributed by atoms with Crippen molar-refractivity contribution in [3.63, 3.8) is 0 Å². The standard InChI is InChI=1S/C18H15Cl2FN4OS2/c1-10(16(26)23-15-7-4-12(19)8-14(15)20)27-18-25-24-17(28-18)22-9-11-2-5-13(21)6-3-11/h2-8,10H,9H2,1H3,(H,22,24)(H,23,26). The average Bonchev–Trinajstić information content (AvgIpc) is 3.11. The summed E-state index contributed by atoms with van der Waals surface area (Å²) in [6.07, 6.45) is 0. The van der Waals surface area contributed by atoms with Crippen LogP contribution in [-0.4, -0.2) is 21.4 Å². The summed E-state index contributed by atoms with van der Waals surface area (Å²) in [5, 5.41) is 15.2. The van der Waals surface area contributed by atoms with Crippen molar-refractivity contribution in [3.05, 3.63) is 63.9 Å². The molecule has 0 aliphatic heterocycles. The molecule has 1 unspecified atom stereocenters. The maximum Gasteiger partial charge on any atom is 0.237 e. The van der Waals surface area contributed by atoms with Crippen LogP contribution in [0.2, 0.25) is 10.0 Å². The first-order valence-corrected chi connectivity index (χ1v) is 10.6. The third-order valence-electron chi connectivity index (χ3n) is 3.60. The van der Waals surface area contributed by atoms with E-state index in [2.05, 4.69) is 20.8 Å². The number of carbonyl (C=O) groups excluding carboxylic acids is 1. The molecule has 1 aromatic heterocycles. The molecule has 1 amide bonds. The van der Waals surface area contributed by atoms with E-state index in [9.17, 15) is 9.18 Å². The molecule has 2 aromatic carbocycles. The number of aromatic nitrogens is 2. The Balaban J connectivity index is 1.53. The molecule has 1 heterocycles. The lowest BCUT2D eigenvalue weighted by Gasteiger charge is -2.11. The first-order valence-electron chi connectivity index (χ1n) is 8.15. The molecular weight excluding hydrogens is 442 g/mol. The Morgan fingerprint density at radius 3 is 2.68 bits per heavy atom. The Morgan fingerprint density at radius 2 is 1.96 bits per heavy atom. The molecule has 0 aliphatic carbocycles. The van der Waals surface area contributed by atoms with Gasteiger partial charge in [0.25, 0.3) is 0 Å². The highest BCUT2D eigenvalue weighted by Gasteiger charge is 2.18. The van der Waals surface area contributed by atoms with Gasteiger partial charge in [-0.2, -0.15) is 0 Å². The van der Waals surface area contributed by atoms with Crippen LogP contribution in [0.5, 0.6) is 0 Å². The predicted molar refractivity (Wildman–Crippen MR) is 114 cm³/mol. The van der Waals surface area contributed by atoms with Gasteiger partial charge in [-0.15, -0.1) is 10.2 Å². The summed E-state index contributed by atoms with van der Waals surface area (Å²) in [7, 11) is 0. The second kappa shape index (κ2) is 9.56.